The van der Waals surface area contributed by atoms with Crippen molar-refractivity contribution in [2.75, 3.05) is 50.8 Å². The number of amides is 1. The number of piperidine rings is 1. The molecule has 3 aromatic rings. The van der Waals surface area contributed by atoms with Crippen molar-refractivity contribution in [3.8, 4) is 0 Å². The van der Waals surface area contributed by atoms with E-state index in [9.17, 15) is 13.2 Å². The fraction of sp³-hybridized carbons (Fsp3) is 0.500. The number of para-hydroxylation sites is 1. The first-order chi connectivity index (χ1) is 17.0. The van der Waals surface area contributed by atoms with Gasteiger partial charge >= 0.3 is 0 Å². The Morgan fingerprint density at radius 1 is 1.11 bits per heavy atom. The van der Waals surface area contributed by atoms with E-state index in [0.29, 0.717) is 24.6 Å². The van der Waals surface area contributed by atoms with Crippen molar-refractivity contribution in [2.45, 2.75) is 35.9 Å². The highest BCUT2D eigenvalue weighted by molar-refractivity contribution is 7.91. The van der Waals surface area contributed by atoms with Gasteiger partial charge in [0.05, 0.1) is 23.4 Å². The quantitative estimate of drug-likeness (QED) is 0.439. The number of hydrogen-bond acceptors (Lipinski definition) is 8. The van der Waals surface area contributed by atoms with E-state index in [2.05, 4.69) is 4.90 Å². The number of anilines is 1. The van der Waals surface area contributed by atoms with Crippen molar-refractivity contribution in [3.63, 3.8) is 0 Å². The van der Waals surface area contributed by atoms with Crippen LogP contribution in [0.2, 0.25) is 0 Å². The number of fused-ring (bicyclic) bond motifs is 1. The number of carbonyl (C=O) groups is 1. The second-order valence-corrected chi connectivity index (χ2v) is 12.9. The van der Waals surface area contributed by atoms with Gasteiger partial charge in [-0.25, -0.2) is 13.4 Å². The summed E-state index contributed by atoms with van der Waals surface area (Å²) in [5, 5.41) is 2.39. The number of nitrogens with zero attached hydrogens (tertiary/aromatic N) is 4. The summed E-state index contributed by atoms with van der Waals surface area (Å²) in [5.74, 6) is -0.175. The van der Waals surface area contributed by atoms with Gasteiger partial charge in [-0.2, -0.15) is 4.31 Å². The van der Waals surface area contributed by atoms with Gasteiger partial charge in [0.25, 0.3) is 10.0 Å². The van der Waals surface area contributed by atoms with Gasteiger partial charge in [0.2, 0.25) is 5.91 Å². The van der Waals surface area contributed by atoms with E-state index >= 15 is 0 Å². The molecule has 1 atom stereocenters. The normalized spacial score (nSPS) is 20.3. The Balaban J connectivity index is 1.41. The summed E-state index contributed by atoms with van der Waals surface area (Å²) < 4.78 is 35.0. The average Bonchev–Trinajstić information content (AvgIpc) is 3.58. The third kappa shape index (κ3) is 5.45. The summed E-state index contributed by atoms with van der Waals surface area (Å²) in [6.07, 6.45) is 2.89. The van der Waals surface area contributed by atoms with Crippen molar-refractivity contribution in [3.05, 3.63) is 41.8 Å². The minimum Gasteiger partial charge on any atom is -0.379 e. The van der Waals surface area contributed by atoms with Crippen LogP contribution in [-0.4, -0.2) is 80.5 Å². The lowest BCUT2D eigenvalue weighted by Gasteiger charge is -2.36. The Bertz CT molecular complexity index is 1210. The lowest BCUT2D eigenvalue weighted by Crippen LogP contribution is -2.53. The summed E-state index contributed by atoms with van der Waals surface area (Å²) in [4.78, 5) is 22.9. The van der Waals surface area contributed by atoms with E-state index in [4.69, 9.17) is 9.72 Å². The number of rotatable bonds is 8. The van der Waals surface area contributed by atoms with E-state index in [0.717, 1.165) is 62.3 Å². The second-order valence-electron chi connectivity index (χ2n) is 8.82. The molecule has 2 aliphatic heterocycles. The number of carbonyl (C=O) groups excluding carboxylic acids is 1. The fourth-order valence-corrected chi connectivity index (χ4v) is 8.47. The maximum atomic E-state index is 14.0. The largest absolute Gasteiger partial charge is 0.379 e. The molecule has 0 aliphatic carbocycles. The summed E-state index contributed by atoms with van der Waals surface area (Å²) in [6, 6.07) is 10.5. The van der Waals surface area contributed by atoms with Crippen molar-refractivity contribution in [2.24, 2.45) is 0 Å². The summed E-state index contributed by atoms with van der Waals surface area (Å²) in [6.45, 7) is 4.97. The van der Waals surface area contributed by atoms with Crippen LogP contribution in [0.25, 0.3) is 10.2 Å². The molecule has 0 spiro atoms. The molecule has 11 heteroatoms. The van der Waals surface area contributed by atoms with Gasteiger partial charge in [-0.15, -0.1) is 11.3 Å². The Morgan fingerprint density at radius 2 is 1.94 bits per heavy atom. The molecule has 0 saturated carbocycles. The maximum Gasteiger partial charge on any atom is 0.253 e. The van der Waals surface area contributed by atoms with Crippen molar-refractivity contribution in [1.82, 2.24) is 14.2 Å². The van der Waals surface area contributed by atoms with Gasteiger partial charge in [-0.3, -0.25) is 14.6 Å². The van der Waals surface area contributed by atoms with Crippen LogP contribution < -0.4 is 4.90 Å². The molecule has 1 unspecified atom stereocenters. The fourth-order valence-electron chi connectivity index (χ4n) is 4.70. The molecule has 35 heavy (non-hydrogen) atoms. The summed E-state index contributed by atoms with van der Waals surface area (Å²) in [7, 11) is -3.73. The predicted octanol–water partition coefficient (Wildman–Crippen LogP) is 3.66. The Labute approximate surface area is 214 Å². The van der Waals surface area contributed by atoms with Crippen LogP contribution in [0, 0.1) is 0 Å². The zero-order valence-corrected chi connectivity index (χ0v) is 22.0. The van der Waals surface area contributed by atoms with Crippen LogP contribution in [0.3, 0.4) is 0 Å². The molecule has 188 valence electrons. The Morgan fingerprint density at radius 3 is 2.71 bits per heavy atom. The molecule has 8 nitrogen and oxygen atoms in total. The third-order valence-electron chi connectivity index (χ3n) is 6.54. The average molecular weight is 535 g/mol. The van der Waals surface area contributed by atoms with E-state index in [1.54, 1.807) is 22.4 Å². The molecule has 0 bridgehead atoms. The third-order valence-corrected chi connectivity index (χ3v) is 10.9. The van der Waals surface area contributed by atoms with Crippen LogP contribution in [-0.2, 0) is 19.6 Å². The number of benzene rings is 1. The van der Waals surface area contributed by atoms with Crippen molar-refractivity contribution in [1.29, 1.82) is 0 Å². The minimum absolute atomic E-state index is 0.175. The van der Waals surface area contributed by atoms with Gasteiger partial charge in [0.1, 0.15) is 10.3 Å². The van der Waals surface area contributed by atoms with Crippen LogP contribution in [0.1, 0.15) is 25.7 Å². The molecular weight excluding hydrogens is 504 g/mol. The molecular formula is C24H30N4O4S3. The highest BCUT2D eigenvalue weighted by atomic mass is 32.2. The minimum atomic E-state index is -3.73. The predicted molar refractivity (Wildman–Crippen MR) is 140 cm³/mol. The van der Waals surface area contributed by atoms with Crippen LogP contribution in [0.5, 0.6) is 0 Å². The maximum absolute atomic E-state index is 14.0. The number of aromatic nitrogens is 1. The van der Waals surface area contributed by atoms with Gasteiger partial charge in [0.15, 0.2) is 5.13 Å². The number of morpholine rings is 1. The van der Waals surface area contributed by atoms with E-state index in [1.807, 2.05) is 24.3 Å². The van der Waals surface area contributed by atoms with Gasteiger partial charge in [-0.05, 0) is 42.8 Å². The van der Waals surface area contributed by atoms with Gasteiger partial charge < -0.3 is 4.74 Å². The number of ether oxygens (including phenoxy) is 1. The van der Waals surface area contributed by atoms with Crippen LogP contribution in [0.4, 0.5) is 5.13 Å². The number of thiazole rings is 1. The van der Waals surface area contributed by atoms with Crippen LogP contribution in [0.15, 0.2) is 46.0 Å². The number of hydrogen-bond donors (Lipinski definition) is 0. The Hall–Kier alpha value is -1.89. The zero-order chi connectivity index (χ0) is 24.3. The molecule has 0 radical (unpaired) electrons. The molecule has 1 aromatic carbocycles. The highest BCUT2D eigenvalue weighted by Crippen LogP contribution is 2.33. The standard InChI is InChI=1S/C24H30N4O4S3/c29-23(20-8-3-4-13-28(20)35(30,31)22-10-5-18-33-22)27(12-6-11-26-14-16-32-17-15-26)24-25-19-7-1-2-9-21(19)34-24/h1-2,5,7,9-10,18,20H,3-4,6,8,11-17H2. The molecule has 2 saturated heterocycles. The smallest absolute Gasteiger partial charge is 0.253 e. The Kier molecular flexibility index (Phi) is 7.80. The van der Waals surface area contributed by atoms with Gasteiger partial charge in [0, 0.05) is 32.7 Å². The van der Waals surface area contributed by atoms with Gasteiger partial charge in [-0.1, -0.05) is 36.0 Å². The topological polar surface area (TPSA) is 83.1 Å². The van der Waals surface area contributed by atoms with Crippen molar-refractivity contribution < 1.29 is 17.9 Å². The SMILES string of the molecule is O=C(C1CCCCN1S(=O)(=O)c1cccs1)N(CCCN1CCOCC1)c1nc2ccccc2s1. The number of thiophene rings is 1. The number of sulfonamides is 1. The molecule has 5 rings (SSSR count). The molecule has 2 aromatic heterocycles. The van der Waals surface area contributed by atoms with E-state index in [1.165, 1.54) is 27.0 Å². The summed E-state index contributed by atoms with van der Waals surface area (Å²) >= 11 is 2.68. The molecule has 4 heterocycles. The molecule has 2 aliphatic rings. The first-order valence-corrected chi connectivity index (χ1v) is 15.2. The monoisotopic (exact) mass is 534 g/mol. The zero-order valence-electron chi connectivity index (χ0n) is 19.5. The first-order valence-electron chi connectivity index (χ1n) is 12.1. The lowest BCUT2D eigenvalue weighted by molar-refractivity contribution is -0.123. The van der Waals surface area contributed by atoms with E-state index < -0.39 is 16.1 Å². The van der Waals surface area contributed by atoms with Crippen LogP contribution >= 0.6 is 22.7 Å². The van der Waals surface area contributed by atoms with E-state index in [-0.39, 0.29) is 10.1 Å². The molecule has 0 N–H and O–H groups in total. The molecule has 1 amide bonds. The summed E-state index contributed by atoms with van der Waals surface area (Å²) in [5.41, 5.74) is 0.852. The highest BCUT2D eigenvalue weighted by Gasteiger charge is 2.40. The molecule has 2 fully saturated rings. The van der Waals surface area contributed by atoms with Crippen molar-refractivity contribution >= 4 is 54.0 Å². The second kappa shape index (κ2) is 11.0. The lowest BCUT2D eigenvalue weighted by atomic mass is 10.0. The first kappa shape index (κ1) is 24.8.